The zero-order valence-electron chi connectivity index (χ0n) is 67.8. The Morgan fingerprint density at radius 1 is 0.159 bits per heavy atom. The minimum atomic E-state index is 0.633. The first-order valence-corrected chi connectivity index (χ1v) is 44.1. The Morgan fingerprint density at radius 3 is 0.857 bits per heavy atom. The molecule has 126 heavy (non-hydrogen) atoms. The van der Waals surface area contributed by atoms with Crippen LogP contribution < -0.4 is 0 Å². The average Bonchev–Trinajstić information content (AvgIpc) is 1.55. The molecule has 0 unspecified atom stereocenters. The van der Waals surface area contributed by atoms with Crippen molar-refractivity contribution in [1.82, 2.24) is 43.2 Å². The van der Waals surface area contributed by atoms with Gasteiger partial charge < -0.3 is 18.3 Å². The van der Waals surface area contributed by atoms with Gasteiger partial charge in [0.1, 0.15) is 0 Å². The molecule has 0 amide bonds. The van der Waals surface area contributed by atoms with E-state index in [0.717, 1.165) is 89.7 Å². The molecule has 0 radical (unpaired) electrons. The Hall–Kier alpha value is -16.3. The molecule has 0 bridgehead atoms. The highest BCUT2D eigenvalue weighted by Gasteiger charge is 2.26. The molecule has 8 aromatic heterocycles. The Morgan fingerprint density at radius 2 is 0.452 bits per heavy atom. The zero-order chi connectivity index (χ0) is 82.9. The van der Waals surface area contributed by atoms with E-state index in [9.17, 15) is 0 Å². The molecular weight excluding hydrogens is 1570 g/mol. The third-order valence-electron chi connectivity index (χ3n) is 24.9. The highest BCUT2D eigenvalue weighted by molar-refractivity contribution is 7.26. The van der Waals surface area contributed by atoms with Gasteiger partial charge in [0.25, 0.3) is 0 Å². The molecule has 0 aliphatic rings. The molecule has 0 atom stereocenters. The van der Waals surface area contributed by atoms with E-state index in [-0.39, 0.29) is 0 Å². The topological polar surface area (TPSA) is 84.2 Å². The van der Waals surface area contributed by atoms with Crippen LogP contribution in [0.15, 0.2) is 431 Å². The van der Waals surface area contributed by atoms with Gasteiger partial charge in [-0.25, -0.2) is 24.9 Å². The largest absolute Gasteiger partial charge is 0.309 e. The lowest BCUT2D eigenvalue weighted by molar-refractivity contribution is 1.07. The van der Waals surface area contributed by atoms with Crippen LogP contribution >= 0.6 is 22.7 Å². The zero-order valence-corrected chi connectivity index (χ0v) is 69.5. The van der Waals surface area contributed by atoms with Crippen LogP contribution in [0, 0.1) is 0 Å². The number of hydrogen-bond acceptors (Lipinski definition) is 7. The van der Waals surface area contributed by atoms with Crippen molar-refractivity contribution in [2.45, 2.75) is 0 Å². The Labute approximate surface area is 731 Å². The van der Waals surface area contributed by atoms with Crippen LogP contribution in [-0.4, -0.2) is 43.2 Å². The molecular formula is C115H71N9S2. The number of thiophene rings is 2. The van der Waals surface area contributed by atoms with Gasteiger partial charge in [0.2, 0.25) is 0 Å². The lowest BCUT2D eigenvalue weighted by Crippen LogP contribution is -2.00. The van der Waals surface area contributed by atoms with Crippen LogP contribution in [0.3, 0.4) is 0 Å². The summed E-state index contributed by atoms with van der Waals surface area (Å²) in [4.78, 5) is 25.4. The quantitative estimate of drug-likeness (QED) is 0.122. The summed E-state index contributed by atoms with van der Waals surface area (Å²) in [6, 6.07) is 154. The van der Waals surface area contributed by atoms with Crippen LogP contribution in [-0.2, 0) is 0 Å². The molecule has 588 valence electrons. The normalized spacial score (nSPS) is 11.8. The summed E-state index contributed by atoms with van der Waals surface area (Å²) in [5, 5.41) is 14.9. The molecule has 26 aromatic rings. The lowest BCUT2D eigenvalue weighted by atomic mass is 9.99. The molecule has 0 saturated carbocycles. The molecule has 18 aromatic carbocycles. The third kappa shape index (κ3) is 12.1. The highest BCUT2D eigenvalue weighted by atomic mass is 32.1. The molecule has 0 N–H and O–H groups in total. The van der Waals surface area contributed by atoms with Crippen molar-refractivity contribution in [1.29, 1.82) is 0 Å². The summed E-state index contributed by atoms with van der Waals surface area (Å²) >= 11 is 3.71. The van der Waals surface area contributed by atoms with E-state index in [1.165, 1.54) is 128 Å². The minimum absolute atomic E-state index is 0.633. The predicted molar refractivity (Wildman–Crippen MR) is 528 cm³/mol. The maximum absolute atomic E-state index is 5.13. The van der Waals surface area contributed by atoms with Gasteiger partial charge in [-0.1, -0.05) is 309 Å². The maximum Gasteiger partial charge on any atom is 0.164 e. The number of para-hydroxylation sites is 6. The Balaban J connectivity index is 0.000000137. The van der Waals surface area contributed by atoms with E-state index < -0.39 is 0 Å². The number of hydrogen-bond donors (Lipinski definition) is 0. The van der Waals surface area contributed by atoms with Crippen molar-refractivity contribution in [3.63, 3.8) is 0 Å². The molecule has 0 aliphatic carbocycles. The number of aromatic nitrogens is 9. The van der Waals surface area contributed by atoms with Gasteiger partial charge in [-0.2, -0.15) is 0 Å². The molecule has 9 nitrogen and oxygen atoms in total. The van der Waals surface area contributed by atoms with Crippen molar-refractivity contribution >= 4 is 150 Å². The maximum atomic E-state index is 5.13. The van der Waals surface area contributed by atoms with E-state index in [1.54, 1.807) is 0 Å². The van der Waals surface area contributed by atoms with Crippen LogP contribution in [0.1, 0.15) is 0 Å². The molecule has 26 rings (SSSR count). The monoisotopic (exact) mass is 1640 g/mol. The van der Waals surface area contributed by atoms with E-state index in [0.29, 0.717) is 23.3 Å². The highest BCUT2D eigenvalue weighted by Crippen LogP contribution is 2.49. The predicted octanol–water partition coefficient (Wildman–Crippen LogP) is 30.8. The molecule has 0 saturated heterocycles. The Bertz CT molecular complexity index is 8700. The number of benzene rings is 18. The fourth-order valence-corrected chi connectivity index (χ4v) is 21.5. The van der Waals surface area contributed by atoms with Crippen LogP contribution in [0.2, 0.25) is 0 Å². The van der Waals surface area contributed by atoms with Crippen LogP contribution in [0.25, 0.3) is 241 Å². The van der Waals surface area contributed by atoms with E-state index in [1.807, 2.05) is 71.2 Å². The first-order valence-electron chi connectivity index (χ1n) is 42.5. The van der Waals surface area contributed by atoms with Gasteiger partial charge in [-0.05, 0) is 132 Å². The van der Waals surface area contributed by atoms with Gasteiger partial charge >= 0.3 is 0 Å². The molecule has 0 spiro atoms. The van der Waals surface area contributed by atoms with Crippen molar-refractivity contribution < 1.29 is 0 Å². The summed E-state index contributed by atoms with van der Waals surface area (Å²) in [6.45, 7) is 0. The van der Waals surface area contributed by atoms with Crippen LogP contribution in [0.4, 0.5) is 0 Å². The summed E-state index contributed by atoms with van der Waals surface area (Å²) in [5.74, 6) is 2.62. The van der Waals surface area contributed by atoms with Gasteiger partial charge in [0.15, 0.2) is 23.3 Å². The third-order valence-corrected chi connectivity index (χ3v) is 27.3. The van der Waals surface area contributed by atoms with Gasteiger partial charge in [-0.3, -0.25) is 0 Å². The second-order valence-corrected chi connectivity index (χ2v) is 34.3. The first kappa shape index (κ1) is 72.5. The number of fused-ring (bicyclic) bond motifs is 18. The molecule has 11 heteroatoms. The number of nitrogens with zero attached hydrogens (tertiary/aromatic N) is 9. The fraction of sp³-hybridized carbons (Fsp3) is 0. The SMILES string of the molecule is c1ccc(-c2cc(-c3ccccc3)nc(-c3ccc(-c4cc(-n5c6ccccc6c6cc7c8ccccc8n(-c8ccccc8)c7cc65)cc5c4sc4ccccc45)cc3)n2)cc1.c1ccc(-c2nc(-c3ccccc3)nc(-c3cccc(-c4cc(-n5c6ccccc6c6cc7c8ccccc8n(-c8ccccc8)c7cc65)cc5c4sc4ccccc45)c3)n2)cc1. The first-order chi connectivity index (χ1) is 62.5. The van der Waals surface area contributed by atoms with Crippen molar-refractivity contribution in [2.24, 2.45) is 0 Å². The molecule has 0 aliphatic heterocycles. The van der Waals surface area contributed by atoms with Gasteiger partial charge in [0, 0.05) is 151 Å². The molecule has 8 heterocycles. The van der Waals surface area contributed by atoms with Crippen molar-refractivity contribution in [3.8, 4) is 113 Å². The fourth-order valence-electron chi connectivity index (χ4n) is 19.1. The van der Waals surface area contributed by atoms with Crippen LogP contribution in [0.5, 0.6) is 0 Å². The minimum Gasteiger partial charge on any atom is -0.309 e. The smallest absolute Gasteiger partial charge is 0.164 e. The van der Waals surface area contributed by atoms with E-state index in [4.69, 9.17) is 24.9 Å². The molecule has 0 fully saturated rings. The standard InChI is InChI=1S/C58H36N4S.C57H35N5S/c1-4-16-38(17-5-1)50-35-51(39-18-6-2-7-19-39)60-58(59-50)40-30-28-37(29-31-40)46-32-42(33-49-45-24-12-15-27-56(45)63-57(46)49)62-53-26-14-11-23-44(53)48-34-47-43-22-10-13-25-52(43)61(54(47)36-55(48)62)41-20-8-3-9-21-41;1-4-17-36(18-5-1)55-58-56(37-19-6-2-7-20-37)60-57(59-55)39-22-16-21-38(31-39)45-32-41(33-48-44-27-12-15-30-53(44)63-54(45)48)62-50-29-14-11-26-43(50)47-34-46-42-25-10-13-28-49(42)61(51(46)35-52(47)62)40-23-8-3-9-24-40/h1-36H;1-35H. The summed E-state index contributed by atoms with van der Waals surface area (Å²) in [5.41, 5.74) is 26.3. The lowest BCUT2D eigenvalue weighted by Gasteiger charge is -2.14. The summed E-state index contributed by atoms with van der Waals surface area (Å²) in [7, 11) is 0. The van der Waals surface area contributed by atoms with Gasteiger partial charge in [-0.15, -0.1) is 22.7 Å². The van der Waals surface area contributed by atoms with E-state index in [2.05, 4.69) is 400 Å². The van der Waals surface area contributed by atoms with E-state index >= 15 is 0 Å². The summed E-state index contributed by atoms with van der Waals surface area (Å²) < 4.78 is 14.8. The summed E-state index contributed by atoms with van der Waals surface area (Å²) in [6.07, 6.45) is 0. The van der Waals surface area contributed by atoms with Crippen molar-refractivity contribution in [2.75, 3.05) is 0 Å². The van der Waals surface area contributed by atoms with Crippen molar-refractivity contribution in [3.05, 3.63) is 431 Å². The Kier molecular flexibility index (Phi) is 17.1. The average molecular weight is 1640 g/mol. The second-order valence-electron chi connectivity index (χ2n) is 32.2. The van der Waals surface area contributed by atoms with Gasteiger partial charge in [0.05, 0.1) is 55.5 Å². The second kappa shape index (κ2) is 29.8. The number of rotatable bonds is 12.